The molecule has 202 valence electrons. The molecule has 0 heterocycles. The molecular formula is C34H48O3. The second kappa shape index (κ2) is 9.04. The van der Waals surface area contributed by atoms with Crippen molar-refractivity contribution in [1.82, 2.24) is 0 Å². The summed E-state index contributed by atoms with van der Waals surface area (Å²) in [4.78, 5) is 0. The molecule has 0 amide bonds. The van der Waals surface area contributed by atoms with Crippen LogP contribution in [0.25, 0.3) is 0 Å². The Bertz CT molecular complexity index is 1150. The van der Waals surface area contributed by atoms with Gasteiger partial charge in [-0.05, 0) is 112 Å². The van der Waals surface area contributed by atoms with E-state index in [1.54, 1.807) is 7.11 Å². The molecular weight excluding hydrogens is 456 g/mol. The van der Waals surface area contributed by atoms with Crippen LogP contribution in [0.2, 0.25) is 0 Å². The monoisotopic (exact) mass is 504 g/mol. The van der Waals surface area contributed by atoms with Crippen molar-refractivity contribution in [2.75, 3.05) is 7.11 Å². The molecule has 0 radical (unpaired) electrons. The first kappa shape index (κ1) is 26.6. The molecule has 2 saturated carbocycles. The lowest BCUT2D eigenvalue weighted by molar-refractivity contribution is -0.0226. The van der Waals surface area contributed by atoms with E-state index in [4.69, 9.17) is 4.74 Å². The lowest BCUT2D eigenvalue weighted by Gasteiger charge is -2.50. The van der Waals surface area contributed by atoms with Crippen molar-refractivity contribution in [3.8, 4) is 11.5 Å². The average molecular weight is 505 g/mol. The smallest absolute Gasteiger partial charge is 0.123 e. The predicted molar refractivity (Wildman–Crippen MR) is 152 cm³/mol. The van der Waals surface area contributed by atoms with Crippen LogP contribution >= 0.6 is 0 Å². The van der Waals surface area contributed by atoms with Crippen LogP contribution < -0.4 is 4.74 Å². The summed E-state index contributed by atoms with van der Waals surface area (Å²) in [6.07, 6.45) is 7.45. The maximum atomic E-state index is 11.2. The number of aryl methyl sites for hydroxylation is 1. The summed E-state index contributed by atoms with van der Waals surface area (Å²) in [5.74, 6) is 3.33. The number of hydrogen-bond donors (Lipinski definition) is 2. The number of phenolic OH excluding ortho intramolecular Hbond substituents is 1. The molecule has 5 rings (SSSR count). The van der Waals surface area contributed by atoms with Crippen LogP contribution in [0.1, 0.15) is 120 Å². The summed E-state index contributed by atoms with van der Waals surface area (Å²) in [6.45, 7) is 15.4. The van der Waals surface area contributed by atoms with Gasteiger partial charge >= 0.3 is 0 Å². The van der Waals surface area contributed by atoms with Crippen LogP contribution in [0.3, 0.4) is 0 Å². The molecule has 37 heavy (non-hydrogen) atoms. The van der Waals surface area contributed by atoms with Crippen LogP contribution in [0.15, 0.2) is 24.3 Å². The van der Waals surface area contributed by atoms with Crippen LogP contribution in [0.5, 0.6) is 11.5 Å². The molecule has 0 saturated heterocycles. The standard InChI is InChI=1S/C34H48O3/c1-32(2,3)27-16-20(17-28(31(27)36)33(4,5)6)15-22-18-25-21(19-29(22)37-8)9-10-24-23(25)13-14-34(7)26(24)11-12-30(34)35/h16-19,23-24,26,30,35-36H,9-15H2,1-8H3/t23-,24+,26-,30+,34-/m0/s1. The second-order valence-corrected chi connectivity index (χ2v) is 14.6. The fraction of sp³-hybridized carbons (Fsp3) is 0.647. The minimum atomic E-state index is -0.145. The van der Waals surface area contributed by atoms with E-state index in [-0.39, 0.29) is 22.3 Å². The van der Waals surface area contributed by atoms with Crippen LogP contribution in [-0.4, -0.2) is 23.4 Å². The fourth-order valence-electron chi connectivity index (χ4n) is 8.11. The highest BCUT2D eigenvalue weighted by Gasteiger charge is 2.54. The van der Waals surface area contributed by atoms with Gasteiger partial charge in [0.1, 0.15) is 11.5 Å². The third-order valence-electron chi connectivity index (χ3n) is 10.3. The molecule has 0 unspecified atom stereocenters. The Balaban J connectivity index is 1.55. The largest absolute Gasteiger partial charge is 0.507 e. The first-order chi connectivity index (χ1) is 17.2. The third kappa shape index (κ3) is 4.50. The number of aromatic hydroxyl groups is 1. The van der Waals surface area contributed by atoms with Crippen molar-refractivity contribution in [1.29, 1.82) is 0 Å². The van der Waals surface area contributed by atoms with Crippen LogP contribution in [-0.2, 0) is 23.7 Å². The zero-order chi connectivity index (χ0) is 26.9. The van der Waals surface area contributed by atoms with E-state index in [1.165, 1.54) is 41.5 Å². The quantitative estimate of drug-likeness (QED) is 0.448. The van der Waals surface area contributed by atoms with E-state index >= 15 is 0 Å². The van der Waals surface area contributed by atoms with Crippen molar-refractivity contribution in [3.63, 3.8) is 0 Å². The van der Waals surface area contributed by atoms with Gasteiger partial charge in [-0.1, -0.05) is 66.7 Å². The van der Waals surface area contributed by atoms with Crippen LogP contribution in [0, 0.1) is 17.3 Å². The summed E-state index contributed by atoms with van der Waals surface area (Å²) < 4.78 is 5.96. The third-order valence-corrected chi connectivity index (χ3v) is 10.3. The molecule has 0 spiro atoms. The Labute approximate surface area is 224 Å². The van der Waals surface area contributed by atoms with Crippen molar-refractivity contribution in [2.45, 2.75) is 116 Å². The number of fused-ring (bicyclic) bond motifs is 5. The number of phenols is 1. The number of aliphatic hydroxyl groups excluding tert-OH is 1. The molecule has 3 heteroatoms. The first-order valence-corrected chi connectivity index (χ1v) is 14.5. The van der Waals surface area contributed by atoms with Gasteiger partial charge in [-0.2, -0.15) is 0 Å². The normalized spacial score (nSPS) is 29.4. The van der Waals surface area contributed by atoms with Gasteiger partial charge in [0.15, 0.2) is 0 Å². The van der Waals surface area contributed by atoms with E-state index in [1.807, 2.05) is 0 Å². The molecule has 5 atom stereocenters. The number of benzene rings is 2. The fourth-order valence-corrected chi connectivity index (χ4v) is 8.11. The number of methoxy groups -OCH3 is 1. The zero-order valence-electron chi connectivity index (χ0n) is 24.4. The molecule has 2 aromatic rings. The molecule has 3 aliphatic rings. The summed E-state index contributed by atoms with van der Waals surface area (Å²) >= 11 is 0. The minimum Gasteiger partial charge on any atom is -0.507 e. The Morgan fingerprint density at radius 1 is 0.919 bits per heavy atom. The highest BCUT2D eigenvalue weighted by molar-refractivity contribution is 5.53. The van der Waals surface area contributed by atoms with Gasteiger partial charge in [-0.15, -0.1) is 0 Å². The molecule has 0 aliphatic heterocycles. The highest BCUT2D eigenvalue weighted by atomic mass is 16.5. The van der Waals surface area contributed by atoms with E-state index in [0.717, 1.165) is 42.6 Å². The van der Waals surface area contributed by atoms with Gasteiger partial charge in [0.25, 0.3) is 0 Å². The van der Waals surface area contributed by atoms with Crippen molar-refractivity contribution >= 4 is 0 Å². The molecule has 2 aromatic carbocycles. The van der Waals surface area contributed by atoms with Crippen LogP contribution in [0.4, 0.5) is 0 Å². The van der Waals surface area contributed by atoms with E-state index in [9.17, 15) is 10.2 Å². The van der Waals surface area contributed by atoms with E-state index in [2.05, 4.69) is 72.7 Å². The summed E-state index contributed by atoms with van der Waals surface area (Å²) in [7, 11) is 1.79. The first-order valence-electron chi connectivity index (χ1n) is 14.5. The number of ether oxygens (including phenoxy) is 1. The molecule has 2 N–H and O–H groups in total. The Kier molecular flexibility index (Phi) is 6.50. The molecule has 3 nitrogen and oxygen atoms in total. The molecule has 2 fully saturated rings. The van der Waals surface area contributed by atoms with Gasteiger partial charge in [-0.25, -0.2) is 0 Å². The topological polar surface area (TPSA) is 49.7 Å². The molecule has 0 bridgehead atoms. The second-order valence-electron chi connectivity index (χ2n) is 14.6. The number of rotatable bonds is 3. The summed E-state index contributed by atoms with van der Waals surface area (Å²) in [5, 5.41) is 22.0. The van der Waals surface area contributed by atoms with E-state index in [0.29, 0.717) is 23.5 Å². The Hall–Kier alpha value is -2.00. The minimum absolute atomic E-state index is 0.104. The SMILES string of the molecule is COc1cc2c(cc1Cc1cc(C(C)(C)C)c(O)c(C(C)(C)C)c1)[C@H]1CC[C@]3(C)[C@H](O)CC[C@H]3[C@@H]1CC2. The summed E-state index contributed by atoms with van der Waals surface area (Å²) in [5.41, 5.74) is 7.30. The lowest BCUT2D eigenvalue weighted by atomic mass is 9.55. The lowest BCUT2D eigenvalue weighted by Crippen LogP contribution is -2.43. The predicted octanol–water partition coefficient (Wildman–Crippen LogP) is 7.80. The molecule has 0 aromatic heterocycles. The van der Waals surface area contributed by atoms with Gasteiger partial charge < -0.3 is 14.9 Å². The molecule has 3 aliphatic carbocycles. The highest BCUT2D eigenvalue weighted by Crippen LogP contribution is 2.61. The van der Waals surface area contributed by atoms with Crippen molar-refractivity contribution in [3.05, 3.63) is 57.6 Å². The van der Waals surface area contributed by atoms with Crippen molar-refractivity contribution in [2.24, 2.45) is 17.3 Å². The van der Waals surface area contributed by atoms with Gasteiger partial charge in [-0.3, -0.25) is 0 Å². The maximum Gasteiger partial charge on any atom is 0.123 e. The Morgan fingerprint density at radius 3 is 2.16 bits per heavy atom. The zero-order valence-corrected chi connectivity index (χ0v) is 24.4. The average Bonchev–Trinajstić information content (AvgIpc) is 3.12. The van der Waals surface area contributed by atoms with Gasteiger partial charge in [0.05, 0.1) is 13.2 Å². The maximum absolute atomic E-state index is 11.2. The summed E-state index contributed by atoms with van der Waals surface area (Å²) in [6, 6.07) is 9.18. The number of hydrogen-bond acceptors (Lipinski definition) is 3. The Morgan fingerprint density at radius 2 is 1.57 bits per heavy atom. The van der Waals surface area contributed by atoms with Crippen molar-refractivity contribution < 1.29 is 14.9 Å². The van der Waals surface area contributed by atoms with E-state index < -0.39 is 0 Å². The number of aliphatic hydroxyl groups is 1. The van der Waals surface area contributed by atoms with Gasteiger partial charge in [0, 0.05) is 6.42 Å². The van der Waals surface area contributed by atoms with Gasteiger partial charge in [0.2, 0.25) is 0 Å².